The van der Waals surface area contributed by atoms with Crippen molar-refractivity contribution in [3.05, 3.63) is 42.7 Å². The molecule has 92 valence electrons. The third-order valence-electron chi connectivity index (χ3n) is 2.16. The van der Waals surface area contributed by atoms with Crippen LogP contribution in [0.5, 0.6) is 0 Å². The van der Waals surface area contributed by atoms with Crippen molar-refractivity contribution < 1.29 is 13.9 Å². The minimum absolute atomic E-state index is 0.313. The van der Waals surface area contributed by atoms with Crippen LogP contribution in [0.25, 0.3) is 0 Å². The highest BCUT2D eigenvalue weighted by molar-refractivity contribution is 5.79. The molecule has 1 aromatic rings. The number of carbonyl (C=O) groups excluding carboxylic acids is 1. The van der Waals surface area contributed by atoms with Crippen molar-refractivity contribution in [2.45, 2.75) is 19.4 Å². The molecule has 0 aliphatic carbocycles. The zero-order valence-electron chi connectivity index (χ0n) is 9.78. The minimum atomic E-state index is -0.488. The first-order valence-electron chi connectivity index (χ1n) is 5.47. The second kappa shape index (κ2) is 6.68. The number of nitrogens with one attached hydrogen (secondary N) is 1. The highest BCUT2D eigenvalue weighted by Crippen LogP contribution is 2.12. The van der Waals surface area contributed by atoms with E-state index in [4.69, 9.17) is 4.74 Å². The molecular formula is C13H16FNO2. The zero-order valence-corrected chi connectivity index (χ0v) is 9.78. The molecule has 0 aliphatic rings. The number of hydrogen-bond acceptors (Lipinski definition) is 3. The van der Waals surface area contributed by atoms with Crippen molar-refractivity contribution in [2.75, 3.05) is 11.9 Å². The van der Waals surface area contributed by atoms with Gasteiger partial charge in [-0.3, -0.25) is 0 Å². The molecular weight excluding hydrogens is 221 g/mol. The van der Waals surface area contributed by atoms with Crippen LogP contribution in [-0.4, -0.2) is 18.6 Å². The van der Waals surface area contributed by atoms with Gasteiger partial charge in [0, 0.05) is 5.69 Å². The normalized spacial score (nSPS) is 11.6. The van der Waals surface area contributed by atoms with Gasteiger partial charge in [0.15, 0.2) is 0 Å². The van der Waals surface area contributed by atoms with Crippen LogP contribution < -0.4 is 5.32 Å². The molecule has 0 saturated heterocycles. The molecule has 1 atom stereocenters. The van der Waals surface area contributed by atoms with Crippen molar-refractivity contribution in [2.24, 2.45) is 0 Å². The minimum Gasteiger partial charge on any atom is -0.464 e. The van der Waals surface area contributed by atoms with E-state index in [2.05, 4.69) is 11.9 Å². The van der Waals surface area contributed by atoms with E-state index in [1.165, 1.54) is 12.1 Å². The first-order valence-corrected chi connectivity index (χ1v) is 5.47. The van der Waals surface area contributed by atoms with Crippen LogP contribution in [0.1, 0.15) is 13.3 Å². The summed E-state index contributed by atoms with van der Waals surface area (Å²) in [6.07, 6.45) is 2.09. The molecule has 0 radical (unpaired) electrons. The predicted molar refractivity (Wildman–Crippen MR) is 65.3 cm³/mol. The summed E-state index contributed by atoms with van der Waals surface area (Å²) in [5.41, 5.74) is 0.673. The van der Waals surface area contributed by atoms with E-state index in [0.717, 1.165) is 0 Å². The van der Waals surface area contributed by atoms with Crippen LogP contribution in [0.2, 0.25) is 0 Å². The van der Waals surface area contributed by atoms with Gasteiger partial charge in [0.05, 0.1) is 6.61 Å². The summed E-state index contributed by atoms with van der Waals surface area (Å²) in [7, 11) is 0. The summed E-state index contributed by atoms with van der Waals surface area (Å²) >= 11 is 0. The van der Waals surface area contributed by atoms with E-state index in [1.807, 2.05) is 0 Å². The van der Waals surface area contributed by atoms with Crippen LogP contribution in [0, 0.1) is 5.82 Å². The maximum Gasteiger partial charge on any atom is 0.328 e. The van der Waals surface area contributed by atoms with Gasteiger partial charge in [-0.25, -0.2) is 9.18 Å². The van der Waals surface area contributed by atoms with Gasteiger partial charge in [0.25, 0.3) is 0 Å². The van der Waals surface area contributed by atoms with E-state index in [0.29, 0.717) is 18.7 Å². The Labute approximate surface area is 100 Å². The zero-order chi connectivity index (χ0) is 12.7. The Balaban J connectivity index is 2.68. The van der Waals surface area contributed by atoms with Crippen molar-refractivity contribution >= 4 is 11.7 Å². The Morgan fingerprint density at radius 3 is 2.71 bits per heavy atom. The first-order chi connectivity index (χ1) is 8.17. The van der Waals surface area contributed by atoms with Gasteiger partial charge >= 0.3 is 5.97 Å². The van der Waals surface area contributed by atoms with E-state index >= 15 is 0 Å². The fraction of sp³-hybridized carbons (Fsp3) is 0.308. The number of halogens is 1. The lowest BCUT2D eigenvalue weighted by Gasteiger charge is -2.16. The van der Waals surface area contributed by atoms with Crippen LogP contribution in [0.4, 0.5) is 10.1 Å². The molecule has 1 aromatic carbocycles. The van der Waals surface area contributed by atoms with Gasteiger partial charge in [-0.1, -0.05) is 6.08 Å². The van der Waals surface area contributed by atoms with E-state index in [-0.39, 0.29) is 11.8 Å². The molecule has 1 rings (SSSR count). The number of hydrogen-bond donors (Lipinski definition) is 1. The molecule has 17 heavy (non-hydrogen) atoms. The summed E-state index contributed by atoms with van der Waals surface area (Å²) in [6, 6.07) is 5.32. The number of rotatable bonds is 6. The Hall–Kier alpha value is -1.84. The summed E-state index contributed by atoms with van der Waals surface area (Å²) in [4.78, 5) is 11.6. The first kappa shape index (κ1) is 13.2. The molecule has 0 saturated carbocycles. The molecule has 0 heterocycles. The lowest BCUT2D eigenvalue weighted by molar-refractivity contribution is -0.143. The third-order valence-corrected chi connectivity index (χ3v) is 2.16. The topological polar surface area (TPSA) is 38.3 Å². The molecule has 1 N–H and O–H groups in total. The Bertz CT molecular complexity index is 376. The van der Waals surface area contributed by atoms with Gasteiger partial charge in [-0.15, -0.1) is 6.58 Å². The van der Waals surface area contributed by atoms with Gasteiger partial charge in [-0.05, 0) is 37.6 Å². The standard InChI is InChI=1S/C13H16FNO2/c1-3-5-12(13(16)17-4-2)15-11-8-6-10(14)7-9-11/h3,6-9,12,15H,1,4-5H2,2H3. The van der Waals surface area contributed by atoms with E-state index < -0.39 is 6.04 Å². The van der Waals surface area contributed by atoms with Crippen LogP contribution in [-0.2, 0) is 9.53 Å². The largest absolute Gasteiger partial charge is 0.464 e. The molecule has 0 bridgehead atoms. The van der Waals surface area contributed by atoms with Crippen LogP contribution in [0.15, 0.2) is 36.9 Å². The summed E-state index contributed by atoms with van der Waals surface area (Å²) in [5.74, 6) is -0.649. The second-order valence-electron chi connectivity index (χ2n) is 3.48. The van der Waals surface area contributed by atoms with Crippen LogP contribution in [0.3, 0.4) is 0 Å². The van der Waals surface area contributed by atoms with Crippen LogP contribution >= 0.6 is 0 Å². The molecule has 4 heteroatoms. The van der Waals surface area contributed by atoms with Crippen molar-refractivity contribution in [1.29, 1.82) is 0 Å². The fourth-order valence-corrected chi connectivity index (χ4v) is 1.37. The SMILES string of the molecule is C=CCC(Nc1ccc(F)cc1)C(=O)OCC. The molecule has 0 fully saturated rings. The number of carbonyl (C=O) groups is 1. The highest BCUT2D eigenvalue weighted by Gasteiger charge is 2.17. The number of ether oxygens (including phenoxy) is 1. The average molecular weight is 237 g/mol. The van der Waals surface area contributed by atoms with Gasteiger partial charge in [-0.2, -0.15) is 0 Å². The van der Waals surface area contributed by atoms with Gasteiger partial charge in [0.1, 0.15) is 11.9 Å². The summed E-state index contributed by atoms with van der Waals surface area (Å²) in [5, 5.41) is 2.98. The molecule has 3 nitrogen and oxygen atoms in total. The highest BCUT2D eigenvalue weighted by atomic mass is 19.1. The maximum atomic E-state index is 12.7. The average Bonchev–Trinajstić information content (AvgIpc) is 2.31. The van der Waals surface area contributed by atoms with E-state index in [9.17, 15) is 9.18 Å². The van der Waals surface area contributed by atoms with E-state index in [1.54, 1.807) is 25.1 Å². The molecule has 0 spiro atoms. The number of anilines is 1. The fourth-order valence-electron chi connectivity index (χ4n) is 1.37. The van der Waals surface area contributed by atoms with Crippen molar-refractivity contribution in [1.82, 2.24) is 0 Å². The summed E-state index contributed by atoms with van der Waals surface area (Å²) < 4.78 is 17.6. The monoisotopic (exact) mass is 237 g/mol. The Morgan fingerprint density at radius 2 is 2.18 bits per heavy atom. The smallest absolute Gasteiger partial charge is 0.328 e. The maximum absolute atomic E-state index is 12.7. The lowest BCUT2D eigenvalue weighted by Crippen LogP contribution is -2.30. The van der Waals surface area contributed by atoms with Crippen molar-refractivity contribution in [3.63, 3.8) is 0 Å². The van der Waals surface area contributed by atoms with Gasteiger partial charge in [0.2, 0.25) is 0 Å². The summed E-state index contributed by atoms with van der Waals surface area (Å²) in [6.45, 7) is 5.67. The Morgan fingerprint density at radius 1 is 1.53 bits per heavy atom. The molecule has 1 unspecified atom stereocenters. The molecule has 0 aromatic heterocycles. The number of benzene rings is 1. The molecule has 0 aliphatic heterocycles. The second-order valence-corrected chi connectivity index (χ2v) is 3.48. The lowest BCUT2D eigenvalue weighted by atomic mass is 10.2. The Kier molecular flexibility index (Phi) is 5.20. The predicted octanol–water partition coefficient (Wildman–Crippen LogP) is 2.75. The third kappa shape index (κ3) is 4.26. The quantitative estimate of drug-likeness (QED) is 0.610. The number of esters is 1. The molecule has 0 amide bonds. The van der Waals surface area contributed by atoms with Gasteiger partial charge < -0.3 is 10.1 Å². The van der Waals surface area contributed by atoms with Crippen molar-refractivity contribution in [3.8, 4) is 0 Å².